The monoisotopic (exact) mass is 466 g/mol. The highest BCUT2D eigenvalue weighted by Gasteiger charge is 2.26. The summed E-state index contributed by atoms with van der Waals surface area (Å²) < 4.78 is 1.23. The Morgan fingerprint density at radius 3 is 2.09 bits per heavy atom. The molecule has 1 aliphatic rings. The normalized spacial score (nSPS) is 15.0. The van der Waals surface area contributed by atoms with Crippen LogP contribution in [-0.4, -0.2) is 48.5 Å². The molecule has 1 saturated heterocycles. The van der Waals surface area contributed by atoms with Gasteiger partial charge >= 0.3 is 0 Å². The van der Waals surface area contributed by atoms with Crippen molar-refractivity contribution in [1.82, 2.24) is 9.80 Å². The zero-order chi connectivity index (χ0) is 23.2. The second-order valence-electron chi connectivity index (χ2n) is 8.93. The maximum absolute atomic E-state index is 11.7. The number of nitrogens with zero attached hydrogens (tertiary/aromatic N) is 2. The van der Waals surface area contributed by atoms with Gasteiger partial charge in [-0.05, 0) is 36.6 Å². The van der Waals surface area contributed by atoms with Gasteiger partial charge in [0.2, 0.25) is 0 Å². The van der Waals surface area contributed by atoms with Gasteiger partial charge in [0.1, 0.15) is 5.94 Å². The molecular weight excluding hydrogens is 436 g/mol. The van der Waals surface area contributed by atoms with Gasteiger partial charge in [-0.1, -0.05) is 78.9 Å². The van der Waals surface area contributed by atoms with E-state index < -0.39 is 0 Å². The van der Waals surface area contributed by atoms with Crippen molar-refractivity contribution in [2.24, 2.45) is 0 Å². The third-order valence-electron chi connectivity index (χ3n) is 6.83. The molecule has 0 radical (unpaired) electrons. The number of benzene rings is 3. The van der Waals surface area contributed by atoms with Crippen LogP contribution in [0.4, 0.5) is 0 Å². The Morgan fingerprint density at radius 2 is 1.44 bits per heavy atom. The fourth-order valence-corrected chi connectivity index (χ4v) is 6.04. The quantitative estimate of drug-likeness (QED) is 0.285. The van der Waals surface area contributed by atoms with E-state index in [0.29, 0.717) is 6.04 Å². The lowest BCUT2D eigenvalue weighted by Gasteiger charge is -2.39. The van der Waals surface area contributed by atoms with E-state index in [1.807, 2.05) is 12.1 Å². The predicted octanol–water partition coefficient (Wildman–Crippen LogP) is 6.30. The Balaban J connectivity index is 1.18. The number of rotatable bonds is 8. The summed E-state index contributed by atoms with van der Waals surface area (Å²) >= 11 is 1.70. The number of carbonyl (C=O) groups excluding carboxylic acids is 1. The molecule has 0 aliphatic carbocycles. The van der Waals surface area contributed by atoms with Crippen molar-refractivity contribution in [3.8, 4) is 0 Å². The van der Waals surface area contributed by atoms with E-state index in [2.05, 4.69) is 93.9 Å². The molecule has 1 aromatic heterocycles. The van der Waals surface area contributed by atoms with Crippen molar-refractivity contribution in [3.05, 3.63) is 107 Å². The zero-order valence-corrected chi connectivity index (χ0v) is 20.2. The fourth-order valence-electron chi connectivity index (χ4n) is 5.06. The van der Waals surface area contributed by atoms with Crippen LogP contribution in [0.25, 0.3) is 15.7 Å². The smallest absolute Gasteiger partial charge is 0.128 e. The van der Waals surface area contributed by atoms with Crippen LogP contribution in [0.5, 0.6) is 0 Å². The standard InChI is InChI=1S/C30H30N2OS/c33-22-26(28-23-34-29-16-8-7-15-27(28)29)14-9-17-31-18-20-32(21-19-31)30(24-10-3-1-4-11-24)25-12-5-2-6-13-25/h1-8,10-13,15-16,23,30H,9,14,17-21H2. The molecule has 1 fully saturated rings. The molecule has 4 aromatic rings. The molecule has 0 atom stereocenters. The summed E-state index contributed by atoms with van der Waals surface area (Å²) in [5, 5.41) is 3.28. The van der Waals surface area contributed by atoms with Crippen molar-refractivity contribution in [3.63, 3.8) is 0 Å². The molecule has 0 bridgehead atoms. The van der Waals surface area contributed by atoms with Crippen molar-refractivity contribution in [1.29, 1.82) is 0 Å². The Morgan fingerprint density at radius 1 is 0.824 bits per heavy atom. The van der Waals surface area contributed by atoms with Crippen LogP contribution >= 0.6 is 11.3 Å². The SMILES string of the molecule is O=C=C(CCCN1CCN(C(c2ccccc2)c2ccccc2)CC1)c1csc2ccccc12. The molecule has 0 amide bonds. The molecule has 1 aliphatic heterocycles. The highest BCUT2D eigenvalue weighted by Crippen LogP contribution is 2.32. The summed E-state index contributed by atoms with van der Waals surface area (Å²) in [5.41, 5.74) is 4.58. The summed E-state index contributed by atoms with van der Waals surface area (Å²) in [6.07, 6.45) is 1.76. The lowest BCUT2D eigenvalue weighted by atomic mass is 9.96. The van der Waals surface area contributed by atoms with Crippen LogP contribution in [-0.2, 0) is 4.79 Å². The van der Waals surface area contributed by atoms with E-state index >= 15 is 0 Å². The maximum Gasteiger partial charge on any atom is 0.128 e. The van der Waals surface area contributed by atoms with E-state index in [0.717, 1.165) is 56.7 Å². The lowest BCUT2D eigenvalue weighted by Crippen LogP contribution is -2.48. The third kappa shape index (κ3) is 5.06. The maximum atomic E-state index is 11.7. The molecular formula is C30H30N2OS. The largest absolute Gasteiger partial charge is 0.301 e. The second kappa shape index (κ2) is 10.9. The first-order chi connectivity index (χ1) is 16.8. The average molecular weight is 467 g/mol. The second-order valence-corrected chi connectivity index (χ2v) is 9.84. The predicted molar refractivity (Wildman–Crippen MR) is 143 cm³/mol. The number of piperazine rings is 1. The minimum absolute atomic E-state index is 0.293. The van der Waals surface area contributed by atoms with Crippen LogP contribution in [0.3, 0.4) is 0 Å². The topological polar surface area (TPSA) is 23.6 Å². The first-order valence-electron chi connectivity index (χ1n) is 12.1. The molecule has 0 saturated carbocycles. The number of hydrogen-bond acceptors (Lipinski definition) is 4. The molecule has 2 heterocycles. The van der Waals surface area contributed by atoms with E-state index in [4.69, 9.17) is 0 Å². The molecule has 4 heteroatoms. The summed E-state index contributed by atoms with van der Waals surface area (Å²) in [6, 6.07) is 30.3. The molecule has 0 unspecified atom stereocenters. The molecule has 0 N–H and O–H groups in total. The van der Waals surface area contributed by atoms with Crippen LogP contribution in [0.2, 0.25) is 0 Å². The van der Waals surface area contributed by atoms with E-state index in [1.54, 1.807) is 11.3 Å². The van der Waals surface area contributed by atoms with Gasteiger partial charge in [-0.3, -0.25) is 4.90 Å². The van der Waals surface area contributed by atoms with Crippen LogP contribution in [0.15, 0.2) is 90.3 Å². The van der Waals surface area contributed by atoms with Crippen LogP contribution in [0.1, 0.15) is 35.6 Å². The van der Waals surface area contributed by atoms with E-state index in [9.17, 15) is 4.79 Å². The van der Waals surface area contributed by atoms with Gasteiger partial charge in [0.15, 0.2) is 0 Å². The molecule has 3 aromatic carbocycles. The highest BCUT2D eigenvalue weighted by atomic mass is 32.1. The van der Waals surface area contributed by atoms with Crippen molar-refractivity contribution >= 4 is 32.9 Å². The van der Waals surface area contributed by atoms with E-state index in [-0.39, 0.29) is 0 Å². The molecule has 0 spiro atoms. The summed E-state index contributed by atoms with van der Waals surface area (Å²) in [6.45, 7) is 5.21. The van der Waals surface area contributed by atoms with Gasteiger partial charge in [-0.15, -0.1) is 11.3 Å². The highest BCUT2D eigenvalue weighted by molar-refractivity contribution is 7.17. The van der Waals surface area contributed by atoms with Gasteiger partial charge in [-0.25, -0.2) is 4.79 Å². The first kappa shape index (κ1) is 22.8. The van der Waals surface area contributed by atoms with Crippen LogP contribution < -0.4 is 0 Å². The molecule has 34 heavy (non-hydrogen) atoms. The van der Waals surface area contributed by atoms with Gasteiger partial charge < -0.3 is 4.90 Å². The third-order valence-corrected chi connectivity index (χ3v) is 7.80. The number of fused-ring (bicyclic) bond motifs is 1. The Hall–Kier alpha value is -3.01. The van der Waals surface area contributed by atoms with Gasteiger partial charge in [0.25, 0.3) is 0 Å². The Bertz CT molecular complexity index is 1210. The minimum atomic E-state index is 0.293. The lowest BCUT2D eigenvalue weighted by molar-refractivity contribution is 0.109. The number of thiophene rings is 1. The zero-order valence-electron chi connectivity index (χ0n) is 19.4. The summed E-state index contributed by atoms with van der Waals surface area (Å²) in [4.78, 5) is 16.9. The fraction of sp³-hybridized carbons (Fsp3) is 0.267. The number of hydrogen-bond donors (Lipinski definition) is 0. The van der Waals surface area contributed by atoms with Gasteiger partial charge in [-0.2, -0.15) is 0 Å². The Kier molecular flexibility index (Phi) is 7.33. The van der Waals surface area contributed by atoms with Crippen molar-refractivity contribution < 1.29 is 4.79 Å². The summed E-state index contributed by atoms with van der Waals surface area (Å²) in [7, 11) is 0. The molecule has 3 nitrogen and oxygen atoms in total. The summed E-state index contributed by atoms with van der Waals surface area (Å²) in [5.74, 6) is 2.24. The van der Waals surface area contributed by atoms with Crippen molar-refractivity contribution in [2.75, 3.05) is 32.7 Å². The van der Waals surface area contributed by atoms with Crippen LogP contribution in [0, 0.1) is 0 Å². The van der Waals surface area contributed by atoms with E-state index in [1.165, 1.54) is 21.2 Å². The first-order valence-corrected chi connectivity index (χ1v) is 13.0. The minimum Gasteiger partial charge on any atom is -0.301 e. The average Bonchev–Trinajstić information content (AvgIpc) is 3.33. The van der Waals surface area contributed by atoms with Gasteiger partial charge in [0.05, 0.1) is 6.04 Å². The van der Waals surface area contributed by atoms with Gasteiger partial charge in [0, 0.05) is 52.8 Å². The van der Waals surface area contributed by atoms with Crippen molar-refractivity contribution in [2.45, 2.75) is 18.9 Å². The number of allylic oxidation sites excluding steroid dienone is 1. The molecule has 172 valence electrons. The Labute approximate surface area is 206 Å². The molecule has 5 rings (SSSR count).